The van der Waals surface area contributed by atoms with Crippen LogP contribution in [0.5, 0.6) is 0 Å². The zero-order valence-electron chi connectivity index (χ0n) is 15.4. The van der Waals surface area contributed by atoms with E-state index in [4.69, 9.17) is 0 Å². The van der Waals surface area contributed by atoms with Crippen LogP contribution in [0.15, 0.2) is 65.7 Å². The third-order valence-corrected chi connectivity index (χ3v) is 8.10. The van der Waals surface area contributed by atoms with Gasteiger partial charge in [-0.2, -0.15) is 4.39 Å². The fourth-order valence-electron chi connectivity index (χ4n) is 4.43. The summed E-state index contributed by atoms with van der Waals surface area (Å²) in [6.07, 6.45) is 1.45. The Hall–Kier alpha value is -2.64. The Morgan fingerprint density at radius 2 is 1.72 bits per heavy atom. The molecule has 0 N–H and O–H groups in total. The lowest BCUT2D eigenvalue weighted by Gasteiger charge is -2.17. The largest absolute Gasteiger partial charge is 0.297 e. The van der Waals surface area contributed by atoms with E-state index in [1.165, 1.54) is 24.4 Å². The van der Waals surface area contributed by atoms with Crippen molar-refractivity contribution < 1.29 is 17.2 Å². The summed E-state index contributed by atoms with van der Waals surface area (Å²) in [6, 6.07) is 14.5. The van der Waals surface area contributed by atoms with Crippen LogP contribution in [-0.2, 0) is 16.4 Å². The lowest BCUT2D eigenvalue weighted by atomic mass is 9.95. The van der Waals surface area contributed by atoms with E-state index in [2.05, 4.69) is 9.88 Å². The normalized spacial score (nSPS) is 22.4. The highest BCUT2D eigenvalue weighted by molar-refractivity contribution is 7.92. The van der Waals surface area contributed by atoms with Crippen LogP contribution in [-0.4, -0.2) is 36.6 Å². The van der Waals surface area contributed by atoms with E-state index in [0.717, 1.165) is 22.3 Å². The second kappa shape index (κ2) is 6.71. The Labute approximate surface area is 167 Å². The number of benzene rings is 2. The predicted octanol–water partition coefficient (Wildman–Crippen LogP) is 3.78. The molecule has 0 amide bonds. The lowest BCUT2D eigenvalue weighted by Crippen LogP contribution is -2.25. The number of rotatable bonds is 3. The van der Waals surface area contributed by atoms with Crippen LogP contribution in [0, 0.1) is 11.8 Å². The van der Waals surface area contributed by atoms with Crippen LogP contribution in [0.25, 0.3) is 11.1 Å². The lowest BCUT2D eigenvalue weighted by molar-refractivity contribution is 0.325. The molecule has 2 aromatic carbocycles. The molecule has 2 atom stereocenters. The van der Waals surface area contributed by atoms with Crippen molar-refractivity contribution in [3.63, 3.8) is 0 Å². The summed E-state index contributed by atoms with van der Waals surface area (Å²) in [5.41, 5.74) is 3.34. The average Bonchev–Trinajstić information content (AvgIpc) is 3.22. The number of fused-ring (bicyclic) bond motifs is 3. The van der Waals surface area contributed by atoms with E-state index in [1.807, 2.05) is 6.07 Å². The molecule has 2 aliphatic rings. The maximum absolute atomic E-state index is 13.1. The molecule has 4 nitrogen and oxygen atoms in total. The Morgan fingerprint density at radius 1 is 0.966 bits per heavy atom. The number of pyridine rings is 1. The van der Waals surface area contributed by atoms with Gasteiger partial charge in [0.25, 0.3) is 0 Å². The third-order valence-electron chi connectivity index (χ3n) is 5.84. The number of sulfone groups is 1. The average molecular weight is 412 g/mol. The van der Waals surface area contributed by atoms with Crippen molar-refractivity contribution in [3.05, 3.63) is 83.7 Å². The molecule has 1 saturated heterocycles. The number of nitrogens with zero attached hydrogens (tertiary/aromatic N) is 2. The van der Waals surface area contributed by atoms with Crippen molar-refractivity contribution >= 4 is 9.84 Å². The number of hydrogen-bond acceptors (Lipinski definition) is 4. The number of halogens is 2. The monoisotopic (exact) mass is 412 g/mol. The molecular formula is C22H18F2N2O2S. The number of likely N-dealkylation sites (tertiary alicyclic amines) is 1. The quantitative estimate of drug-likeness (QED) is 0.615. The van der Waals surface area contributed by atoms with E-state index >= 15 is 0 Å². The van der Waals surface area contributed by atoms with E-state index in [9.17, 15) is 17.2 Å². The molecular weight excluding hydrogens is 394 g/mol. The van der Waals surface area contributed by atoms with Gasteiger partial charge in [-0.25, -0.2) is 17.8 Å². The van der Waals surface area contributed by atoms with Gasteiger partial charge in [-0.15, -0.1) is 0 Å². The van der Waals surface area contributed by atoms with Gasteiger partial charge >= 0.3 is 0 Å². The highest BCUT2D eigenvalue weighted by atomic mass is 32.2. The topological polar surface area (TPSA) is 50.3 Å². The first-order valence-corrected chi connectivity index (χ1v) is 10.9. The summed E-state index contributed by atoms with van der Waals surface area (Å²) in [5, 5.41) is -0.473. The molecule has 0 aliphatic carbocycles. The zero-order chi connectivity index (χ0) is 20.2. The van der Waals surface area contributed by atoms with Gasteiger partial charge in [0.05, 0.1) is 10.1 Å². The zero-order valence-corrected chi connectivity index (χ0v) is 16.2. The van der Waals surface area contributed by atoms with E-state index in [0.29, 0.717) is 24.5 Å². The Bertz CT molecular complexity index is 1180. The Kier molecular flexibility index (Phi) is 4.26. The smallest absolute Gasteiger partial charge is 0.212 e. The van der Waals surface area contributed by atoms with Gasteiger partial charge in [0.2, 0.25) is 5.95 Å². The van der Waals surface area contributed by atoms with E-state index in [-0.39, 0.29) is 11.7 Å². The molecule has 1 fully saturated rings. The van der Waals surface area contributed by atoms with Gasteiger partial charge in [0.15, 0.2) is 9.84 Å². The Balaban J connectivity index is 1.46. The van der Waals surface area contributed by atoms with Crippen LogP contribution in [0.4, 0.5) is 8.78 Å². The van der Waals surface area contributed by atoms with Gasteiger partial charge < -0.3 is 0 Å². The summed E-state index contributed by atoms with van der Waals surface area (Å²) < 4.78 is 52.4. The predicted molar refractivity (Wildman–Crippen MR) is 105 cm³/mol. The molecule has 3 heterocycles. The highest BCUT2D eigenvalue weighted by Gasteiger charge is 2.50. The fourth-order valence-corrected chi connectivity index (χ4v) is 6.62. The van der Waals surface area contributed by atoms with Crippen molar-refractivity contribution in [2.45, 2.75) is 22.6 Å². The van der Waals surface area contributed by atoms with Gasteiger partial charge in [-0.3, -0.25) is 4.90 Å². The van der Waals surface area contributed by atoms with Crippen molar-refractivity contribution in [1.29, 1.82) is 0 Å². The summed E-state index contributed by atoms with van der Waals surface area (Å²) in [5.74, 6) is -0.944. The summed E-state index contributed by atoms with van der Waals surface area (Å²) in [7, 11) is -3.40. The summed E-state index contributed by atoms with van der Waals surface area (Å²) in [6.45, 7) is 1.66. The van der Waals surface area contributed by atoms with Crippen LogP contribution < -0.4 is 0 Å². The molecule has 29 heavy (non-hydrogen) atoms. The molecule has 0 radical (unpaired) electrons. The molecule has 0 saturated carbocycles. The molecule has 2 aliphatic heterocycles. The van der Waals surface area contributed by atoms with Gasteiger partial charge in [-0.1, -0.05) is 18.2 Å². The maximum atomic E-state index is 13.1. The first-order valence-electron chi connectivity index (χ1n) is 9.38. The number of aromatic nitrogens is 1. The molecule has 5 rings (SSSR count). The first-order chi connectivity index (χ1) is 13.9. The van der Waals surface area contributed by atoms with E-state index < -0.39 is 21.0 Å². The van der Waals surface area contributed by atoms with Crippen LogP contribution in [0.1, 0.15) is 17.0 Å². The minimum absolute atomic E-state index is 0.108. The molecule has 3 aromatic rings. The molecule has 7 heteroatoms. The molecule has 0 unspecified atom stereocenters. The SMILES string of the molecule is O=S1(=O)c2ccc(-c3ccc(F)nc3)cc2[C@@H]2CN(Cc3ccc(F)cc3)C[C@H]21. The minimum Gasteiger partial charge on any atom is -0.297 e. The molecule has 0 bridgehead atoms. The van der Waals surface area contributed by atoms with Crippen molar-refractivity contribution in [1.82, 2.24) is 9.88 Å². The molecule has 1 aromatic heterocycles. The van der Waals surface area contributed by atoms with Crippen LogP contribution >= 0.6 is 0 Å². The summed E-state index contributed by atoms with van der Waals surface area (Å²) >= 11 is 0. The summed E-state index contributed by atoms with van der Waals surface area (Å²) in [4.78, 5) is 6.19. The maximum Gasteiger partial charge on any atom is 0.212 e. The number of hydrogen-bond donors (Lipinski definition) is 0. The van der Waals surface area contributed by atoms with Gasteiger partial charge in [0.1, 0.15) is 5.82 Å². The van der Waals surface area contributed by atoms with Crippen molar-refractivity contribution in [2.24, 2.45) is 0 Å². The molecule has 148 valence electrons. The van der Waals surface area contributed by atoms with Gasteiger partial charge in [0, 0.05) is 37.3 Å². The molecule has 0 spiro atoms. The van der Waals surface area contributed by atoms with Crippen molar-refractivity contribution in [3.8, 4) is 11.1 Å². The van der Waals surface area contributed by atoms with Crippen LogP contribution in [0.2, 0.25) is 0 Å². The fraction of sp³-hybridized carbons (Fsp3) is 0.227. The minimum atomic E-state index is -3.40. The van der Waals surface area contributed by atoms with Gasteiger partial charge in [-0.05, 0) is 53.1 Å². The first kappa shape index (κ1) is 18.4. The third kappa shape index (κ3) is 3.14. The highest BCUT2D eigenvalue weighted by Crippen LogP contribution is 2.46. The Morgan fingerprint density at radius 3 is 2.45 bits per heavy atom. The standard InChI is InChI=1S/C22H18F2N2O2S/c23-17-5-1-14(2-6-17)11-26-12-19-18-9-15(16-4-8-22(24)25-10-16)3-7-20(18)29(27,28)21(19)13-26/h1-10,19,21H,11-13H2/t19-,21+/m0/s1. The van der Waals surface area contributed by atoms with Crippen LogP contribution in [0.3, 0.4) is 0 Å². The van der Waals surface area contributed by atoms with Crippen molar-refractivity contribution in [2.75, 3.05) is 13.1 Å². The van der Waals surface area contributed by atoms with E-state index in [1.54, 1.807) is 30.3 Å². The second-order valence-corrected chi connectivity index (χ2v) is 9.77. The second-order valence-electron chi connectivity index (χ2n) is 7.63.